The molecule has 0 aromatic heterocycles. The Morgan fingerprint density at radius 1 is 1.00 bits per heavy atom. The van der Waals surface area contributed by atoms with Crippen LogP contribution < -0.4 is 14.9 Å². The number of hydrogen-bond acceptors (Lipinski definition) is 7. The van der Waals surface area contributed by atoms with E-state index in [1.165, 1.54) is 0 Å². The Labute approximate surface area is 215 Å². The molecule has 0 saturated carbocycles. The van der Waals surface area contributed by atoms with E-state index in [0.717, 1.165) is 16.8 Å². The minimum atomic E-state index is -0.545. The molecule has 1 aliphatic heterocycles. The second-order valence-electron chi connectivity index (χ2n) is 7.12. The van der Waals surface area contributed by atoms with Crippen LogP contribution >= 0.6 is 35.6 Å². The summed E-state index contributed by atoms with van der Waals surface area (Å²) < 4.78 is 10.7. The number of thioether (sulfide) groups is 1. The molecule has 0 unspecified atom stereocenters. The number of amides is 2. The average molecular weight is 525 g/mol. The van der Waals surface area contributed by atoms with Crippen molar-refractivity contribution in [2.45, 2.75) is 0 Å². The molecule has 3 aromatic carbocycles. The van der Waals surface area contributed by atoms with Gasteiger partial charge in [-0.2, -0.15) is 5.01 Å². The molecule has 0 atom stereocenters. The number of ether oxygens (including phenoxy) is 2. The van der Waals surface area contributed by atoms with Gasteiger partial charge in [-0.25, -0.2) is 4.79 Å². The van der Waals surface area contributed by atoms with Crippen LogP contribution in [-0.2, 0) is 4.79 Å². The molecule has 4 rings (SSSR count). The third-order valence-electron chi connectivity index (χ3n) is 4.84. The Morgan fingerprint density at radius 3 is 2.31 bits per heavy atom. The normalized spacial score (nSPS) is 14.2. The summed E-state index contributed by atoms with van der Waals surface area (Å²) in [6.45, 7) is 0. The minimum Gasteiger partial charge on any atom is -0.497 e. The number of hydrazine groups is 1. The van der Waals surface area contributed by atoms with E-state index >= 15 is 0 Å². The second-order valence-corrected chi connectivity index (χ2v) is 9.21. The first-order valence-corrected chi connectivity index (χ1v) is 11.8. The fourth-order valence-corrected chi connectivity index (χ4v) is 4.45. The van der Waals surface area contributed by atoms with Gasteiger partial charge in [-0.05, 0) is 72.4 Å². The highest BCUT2D eigenvalue weighted by atomic mass is 35.5. The zero-order chi connectivity index (χ0) is 24.9. The summed E-state index contributed by atoms with van der Waals surface area (Å²) in [6, 6.07) is 19.7. The first kappa shape index (κ1) is 24.5. The third kappa shape index (κ3) is 5.71. The number of carbonyl (C=O) groups excluding carboxylic acids is 3. The lowest BCUT2D eigenvalue weighted by Crippen LogP contribution is -2.44. The maximum absolute atomic E-state index is 12.8. The summed E-state index contributed by atoms with van der Waals surface area (Å²) >= 11 is 12.4. The van der Waals surface area contributed by atoms with Crippen molar-refractivity contribution < 1.29 is 23.9 Å². The third-order valence-corrected chi connectivity index (χ3v) is 6.47. The van der Waals surface area contributed by atoms with Gasteiger partial charge in [-0.15, -0.1) is 0 Å². The molecule has 7 nitrogen and oxygen atoms in total. The lowest BCUT2D eigenvalue weighted by atomic mass is 10.2. The van der Waals surface area contributed by atoms with E-state index in [1.54, 1.807) is 86.0 Å². The van der Waals surface area contributed by atoms with E-state index in [1.807, 2.05) is 0 Å². The Hall–Kier alpha value is -3.66. The van der Waals surface area contributed by atoms with Crippen molar-refractivity contribution >= 4 is 63.8 Å². The standard InChI is InChI=1S/C25H17ClN2O5S2/c1-32-17-12-8-16(9-13-17)24(31)33-18-10-6-15(7-11-18)14-21-23(30)28(25(34)35-21)27-22(29)19-4-2-3-5-20(19)26/h2-14H,1H3,(H,27,29)/b21-14-. The molecule has 2 amide bonds. The van der Waals surface area contributed by atoms with Crippen LogP contribution in [0.5, 0.6) is 11.5 Å². The van der Waals surface area contributed by atoms with Gasteiger partial charge in [-0.3, -0.25) is 15.0 Å². The minimum absolute atomic E-state index is 0.187. The molecule has 10 heteroatoms. The first-order valence-electron chi connectivity index (χ1n) is 10.2. The van der Waals surface area contributed by atoms with Gasteiger partial charge in [0.2, 0.25) is 0 Å². The number of nitrogens with zero attached hydrogens (tertiary/aromatic N) is 1. The number of carbonyl (C=O) groups is 3. The monoisotopic (exact) mass is 524 g/mol. The van der Waals surface area contributed by atoms with Crippen molar-refractivity contribution in [1.29, 1.82) is 0 Å². The van der Waals surface area contributed by atoms with Crippen LogP contribution in [0, 0.1) is 0 Å². The molecular formula is C25H17ClN2O5S2. The summed E-state index contributed by atoms with van der Waals surface area (Å²) in [7, 11) is 1.55. The van der Waals surface area contributed by atoms with Crippen LogP contribution in [0.4, 0.5) is 0 Å². The highest BCUT2D eigenvalue weighted by molar-refractivity contribution is 8.26. The second kappa shape index (κ2) is 10.7. The number of methoxy groups -OCH3 is 1. The van der Waals surface area contributed by atoms with E-state index in [-0.39, 0.29) is 14.9 Å². The lowest BCUT2D eigenvalue weighted by molar-refractivity contribution is -0.123. The zero-order valence-electron chi connectivity index (χ0n) is 18.2. The van der Waals surface area contributed by atoms with Gasteiger partial charge in [0.15, 0.2) is 4.32 Å². The number of halogens is 1. The number of rotatable bonds is 6. The van der Waals surface area contributed by atoms with E-state index in [2.05, 4.69) is 5.43 Å². The van der Waals surface area contributed by atoms with Gasteiger partial charge in [0.05, 0.1) is 28.2 Å². The molecule has 176 valence electrons. The molecule has 0 bridgehead atoms. The van der Waals surface area contributed by atoms with Crippen LogP contribution in [0.25, 0.3) is 6.08 Å². The van der Waals surface area contributed by atoms with Crippen molar-refractivity contribution in [2.24, 2.45) is 0 Å². The number of esters is 1. The molecule has 0 spiro atoms. The molecule has 0 aliphatic carbocycles. The molecule has 1 fully saturated rings. The number of benzene rings is 3. The van der Waals surface area contributed by atoms with E-state index in [4.69, 9.17) is 33.3 Å². The summed E-state index contributed by atoms with van der Waals surface area (Å²) in [5.41, 5.74) is 3.80. The lowest BCUT2D eigenvalue weighted by Gasteiger charge is -2.16. The summed E-state index contributed by atoms with van der Waals surface area (Å²) in [6.07, 6.45) is 1.63. The first-order chi connectivity index (χ1) is 16.9. The van der Waals surface area contributed by atoms with E-state index in [9.17, 15) is 14.4 Å². The Balaban J connectivity index is 1.41. The van der Waals surface area contributed by atoms with Crippen LogP contribution in [0.1, 0.15) is 26.3 Å². The van der Waals surface area contributed by atoms with E-state index in [0.29, 0.717) is 27.5 Å². The molecule has 35 heavy (non-hydrogen) atoms. The Morgan fingerprint density at radius 2 is 1.66 bits per heavy atom. The van der Waals surface area contributed by atoms with Gasteiger partial charge in [-0.1, -0.05) is 47.6 Å². The summed E-state index contributed by atoms with van der Waals surface area (Å²) in [5.74, 6) is -0.524. The van der Waals surface area contributed by atoms with Gasteiger partial charge in [0.25, 0.3) is 11.8 Å². The Bertz CT molecular complexity index is 1340. The van der Waals surface area contributed by atoms with E-state index < -0.39 is 17.8 Å². The molecule has 0 radical (unpaired) electrons. The predicted molar refractivity (Wildman–Crippen MR) is 138 cm³/mol. The largest absolute Gasteiger partial charge is 0.497 e. The SMILES string of the molecule is COc1ccc(C(=O)Oc2ccc(/C=C3\SC(=S)N(NC(=O)c4ccccc4Cl)C3=O)cc2)cc1. The highest BCUT2D eigenvalue weighted by Gasteiger charge is 2.34. The molecule has 3 aromatic rings. The number of nitrogens with one attached hydrogen (secondary N) is 1. The maximum atomic E-state index is 12.8. The Kier molecular flexibility index (Phi) is 7.50. The predicted octanol–water partition coefficient (Wildman–Crippen LogP) is 5.11. The fraction of sp³-hybridized carbons (Fsp3) is 0.0400. The quantitative estimate of drug-likeness (QED) is 0.207. The molecular weight excluding hydrogens is 508 g/mol. The molecule has 1 saturated heterocycles. The topological polar surface area (TPSA) is 84.9 Å². The highest BCUT2D eigenvalue weighted by Crippen LogP contribution is 2.32. The molecule has 1 N–H and O–H groups in total. The number of hydrogen-bond donors (Lipinski definition) is 1. The van der Waals surface area contributed by atoms with Gasteiger partial charge < -0.3 is 9.47 Å². The smallest absolute Gasteiger partial charge is 0.343 e. The van der Waals surface area contributed by atoms with Gasteiger partial charge >= 0.3 is 5.97 Å². The zero-order valence-corrected chi connectivity index (χ0v) is 20.6. The van der Waals surface area contributed by atoms with Crippen LogP contribution in [0.3, 0.4) is 0 Å². The average Bonchev–Trinajstić information content (AvgIpc) is 3.12. The van der Waals surface area contributed by atoms with Crippen LogP contribution in [0.2, 0.25) is 5.02 Å². The van der Waals surface area contributed by atoms with Crippen molar-refractivity contribution in [1.82, 2.24) is 10.4 Å². The molecule has 1 heterocycles. The maximum Gasteiger partial charge on any atom is 0.343 e. The van der Waals surface area contributed by atoms with Crippen LogP contribution in [0.15, 0.2) is 77.7 Å². The fourth-order valence-electron chi connectivity index (χ4n) is 3.05. The van der Waals surface area contributed by atoms with Crippen LogP contribution in [-0.4, -0.2) is 34.2 Å². The molecule has 1 aliphatic rings. The number of thiocarbonyl (C=S) groups is 1. The van der Waals surface area contributed by atoms with Crippen molar-refractivity contribution in [3.8, 4) is 11.5 Å². The van der Waals surface area contributed by atoms with Gasteiger partial charge in [0, 0.05) is 0 Å². The van der Waals surface area contributed by atoms with Gasteiger partial charge in [0.1, 0.15) is 11.5 Å². The van der Waals surface area contributed by atoms with Crippen molar-refractivity contribution in [3.05, 3.63) is 99.4 Å². The van der Waals surface area contributed by atoms with Crippen molar-refractivity contribution in [3.63, 3.8) is 0 Å². The summed E-state index contributed by atoms with van der Waals surface area (Å²) in [5, 5.41) is 1.28. The summed E-state index contributed by atoms with van der Waals surface area (Å²) in [4.78, 5) is 38.0. The van der Waals surface area contributed by atoms with Crippen molar-refractivity contribution in [2.75, 3.05) is 7.11 Å².